The molecule has 1 unspecified atom stereocenters. The number of nitrogens with one attached hydrogen (secondary N) is 4. The van der Waals surface area contributed by atoms with Crippen molar-refractivity contribution in [2.75, 3.05) is 25.0 Å². The van der Waals surface area contributed by atoms with Crippen LogP contribution >= 0.6 is 0 Å². The van der Waals surface area contributed by atoms with Gasteiger partial charge in [0.25, 0.3) is 11.8 Å². The van der Waals surface area contributed by atoms with Crippen LogP contribution in [0.5, 0.6) is 0 Å². The van der Waals surface area contributed by atoms with Crippen LogP contribution in [-0.2, 0) is 19.1 Å². The first-order valence-electron chi connectivity index (χ1n) is 11.8. The maximum Gasteiger partial charge on any atom is 0.407 e. The molecule has 6 amide bonds. The lowest BCUT2D eigenvalue weighted by atomic mass is 10.0. The van der Waals surface area contributed by atoms with Crippen LogP contribution in [0.4, 0.5) is 10.5 Å². The van der Waals surface area contributed by atoms with Crippen molar-refractivity contribution in [3.63, 3.8) is 0 Å². The van der Waals surface area contributed by atoms with Crippen molar-refractivity contribution < 1.29 is 33.5 Å². The van der Waals surface area contributed by atoms with E-state index >= 15 is 0 Å². The van der Waals surface area contributed by atoms with Crippen LogP contribution in [0.15, 0.2) is 18.2 Å². The zero-order valence-corrected chi connectivity index (χ0v) is 20.6. The number of alkyl carbamates (subject to hydrolysis) is 1. The topological polar surface area (TPSA) is 163 Å². The average molecular weight is 502 g/mol. The number of carbonyl (C=O) groups is 6. The molecular formula is C24H31N5O7. The SMILES string of the molecule is CC(C)(C)OC(=O)NCCCCNC(=O)CNc1cccc2c1C(=O)N(C1CCC(=O)NC1=O)C2=O. The zero-order chi connectivity index (χ0) is 26.5. The van der Waals surface area contributed by atoms with E-state index in [9.17, 15) is 28.8 Å². The number of hydrogen-bond donors (Lipinski definition) is 4. The lowest BCUT2D eigenvalue weighted by Gasteiger charge is -2.27. The third-order valence-corrected chi connectivity index (χ3v) is 5.50. The molecule has 0 aliphatic carbocycles. The summed E-state index contributed by atoms with van der Waals surface area (Å²) in [4.78, 5) is 74.3. The Kier molecular flexibility index (Phi) is 8.28. The van der Waals surface area contributed by atoms with E-state index in [4.69, 9.17) is 4.74 Å². The molecule has 0 saturated carbocycles. The van der Waals surface area contributed by atoms with Gasteiger partial charge in [-0.25, -0.2) is 4.79 Å². The van der Waals surface area contributed by atoms with Crippen molar-refractivity contribution in [1.82, 2.24) is 20.9 Å². The second-order valence-corrected chi connectivity index (χ2v) is 9.51. The lowest BCUT2D eigenvalue weighted by Crippen LogP contribution is -2.54. The molecule has 1 aromatic carbocycles. The Hall–Kier alpha value is -3.96. The quantitative estimate of drug-likeness (QED) is 0.287. The van der Waals surface area contributed by atoms with Gasteiger partial charge >= 0.3 is 6.09 Å². The predicted octanol–water partition coefficient (Wildman–Crippen LogP) is 0.921. The van der Waals surface area contributed by atoms with Crippen molar-refractivity contribution in [2.24, 2.45) is 0 Å². The van der Waals surface area contributed by atoms with Crippen molar-refractivity contribution in [2.45, 2.75) is 58.1 Å². The largest absolute Gasteiger partial charge is 0.444 e. The molecule has 1 saturated heterocycles. The van der Waals surface area contributed by atoms with E-state index in [0.29, 0.717) is 31.6 Å². The number of imide groups is 2. The van der Waals surface area contributed by atoms with E-state index in [-0.39, 0.29) is 36.4 Å². The number of carbonyl (C=O) groups excluding carboxylic acids is 6. The van der Waals surface area contributed by atoms with Crippen molar-refractivity contribution in [3.8, 4) is 0 Å². The Morgan fingerprint density at radius 2 is 1.75 bits per heavy atom. The summed E-state index contributed by atoms with van der Waals surface area (Å²) >= 11 is 0. The Morgan fingerprint density at radius 3 is 2.42 bits per heavy atom. The van der Waals surface area contributed by atoms with Gasteiger partial charge in [0.1, 0.15) is 11.6 Å². The van der Waals surface area contributed by atoms with E-state index in [1.165, 1.54) is 6.07 Å². The molecule has 2 heterocycles. The maximum absolute atomic E-state index is 13.1. The molecule has 4 N–H and O–H groups in total. The van der Waals surface area contributed by atoms with Crippen LogP contribution in [0.3, 0.4) is 0 Å². The summed E-state index contributed by atoms with van der Waals surface area (Å²) in [5.74, 6) is -2.70. The number of rotatable bonds is 9. The molecule has 0 bridgehead atoms. The Labute approximate surface area is 208 Å². The number of piperidine rings is 1. The molecule has 2 aliphatic heterocycles. The lowest BCUT2D eigenvalue weighted by molar-refractivity contribution is -0.136. The summed E-state index contributed by atoms with van der Waals surface area (Å²) in [5, 5.41) is 10.4. The second-order valence-electron chi connectivity index (χ2n) is 9.51. The van der Waals surface area contributed by atoms with Gasteiger partial charge in [-0.15, -0.1) is 0 Å². The molecule has 1 aromatic rings. The molecule has 2 aliphatic rings. The van der Waals surface area contributed by atoms with Crippen LogP contribution < -0.4 is 21.3 Å². The average Bonchev–Trinajstić information content (AvgIpc) is 3.04. The normalized spacial score (nSPS) is 17.4. The highest BCUT2D eigenvalue weighted by Crippen LogP contribution is 2.32. The minimum Gasteiger partial charge on any atom is -0.444 e. The number of benzene rings is 1. The van der Waals surface area contributed by atoms with Crippen LogP contribution in [0.1, 0.15) is 67.2 Å². The van der Waals surface area contributed by atoms with Crippen molar-refractivity contribution in [1.29, 1.82) is 0 Å². The third-order valence-electron chi connectivity index (χ3n) is 5.50. The van der Waals surface area contributed by atoms with Crippen LogP contribution in [0.2, 0.25) is 0 Å². The Bertz CT molecular complexity index is 1080. The molecule has 194 valence electrons. The summed E-state index contributed by atoms with van der Waals surface area (Å²) in [7, 11) is 0. The molecule has 12 nitrogen and oxygen atoms in total. The Morgan fingerprint density at radius 1 is 1.06 bits per heavy atom. The van der Waals surface area contributed by atoms with E-state index in [1.807, 2.05) is 0 Å². The number of nitrogens with zero attached hydrogens (tertiary/aromatic N) is 1. The summed E-state index contributed by atoms with van der Waals surface area (Å²) in [5.41, 5.74) is -0.0383. The fourth-order valence-corrected chi connectivity index (χ4v) is 3.88. The highest BCUT2D eigenvalue weighted by Gasteiger charge is 2.45. The number of anilines is 1. The number of hydrogen-bond acceptors (Lipinski definition) is 8. The summed E-state index contributed by atoms with van der Waals surface area (Å²) in [6, 6.07) is 3.58. The highest BCUT2D eigenvalue weighted by atomic mass is 16.6. The van der Waals surface area contributed by atoms with Gasteiger partial charge in [0.05, 0.1) is 17.7 Å². The van der Waals surface area contributed by atoms with Crippen molar-refractivity contribution in [3.05, 3.63) is 29.3 Å². The van der Waals surface area contributed by atoms with Gasteiger partial charge in [-0.1, -0.05) is 6.07 Å². The fraction of sp³-hybridized carbons (Fsp3) is 0.500. The van der Waals surface area contributed by atoms with Gasteiger partial charge < -0.3 is 20.7 Å². The van der Waals surface area contributed by atoms with Gasteiger partial charge in [0, 0.05) is 25.2 Å². The molecule has 3 rings (SSSR count). The maximum atomic E-state index is 13.1. The zero-order valence-electron chi connectivity index (χ0n) is 20.6. The van der Waals surface area contributed by atoms with Gasteiger partial charge in [-0.2, -0.15) is 0 Å². The van der Waals surface area contributed by atoms with E-state index in [0.717, 1.165) is 4.90 Å². The van der Waals surface area contributed by atoms with Gasteiger partial charge in [-0.05, 0) is 52.2 Å². The monoisotopic (exact) mass is 501 g/mol. The number of amides is 6. The molecule has 36 heavy (non-hydrogen) atoms. The number of fused-ring (bicyclic) bond motifs is 1. The molecule has 0 radical (unpaired) electrons. The number of ether oxygens (including phenoxy) is 1. The second kappa shape index (κ2) is 11.2. The minimum absolute atomic E-state index is 0.0339. The minimum atomic E-state index is -1.06. The summed E-state index contributed by atoms with van der Waals surface area (Å²) in [6.45, 7) is 6.02. The van der Waals surface area contributed by atoms with Crippen molar-refractivity contribution >= 4 is 41.3 Å². The first-order valence-corrected chi connectivity index (χ1v) is 11.8. The van der Waals surface area contributed by atoms with Crippen LogP contribution in [-0.4, -0.2) is 71.8 Å². The standard InChI is InChI=1S/C24H31N5O7/c1-24(2,3)36-23(35)26-12-5-4-11-25-18(31)13-27-15-8-6-7-14-19(15)22(34)29(21(14)33)16-9-10-17(30)28-20(16)32/h6-8,16,27H,4-5,9-13H2,1-3H3,(H,25,31)(H,26,35)(H,28,30,32). The molecule has 1 atom stereocenters. The predicted molar refractivity (Wildman–Crippen MR) is 128 cm³/mol. The Balaban J connectivity index is 1.47. The van der Waals surface area contributed by atoms with Gasteiger partial charge in [0.15, 0.2) is 0 Å². The molecule has 0 spiro atoms. The van der Waals surface area contributed by atoms with E-state index < -0.39 is 41.4 Å². The van der Waals surface area contributed by atoms with Gasteiger partial charge in [0.2, 0.25) is 17.7 Å². The molecule has 12 heteroatoms. The van der Waals surface area contributed by atoms with Gasteiger partial charge in [-0.3, -0.25) is 34.2 Å². The highest BCUT2D eigenvalue weighted by molar-refractivity contribution is 6.25. The van der Waals surface area contributed by atoms with Crippen LogP contribution in [0, 0.1) is 0 Å². The summed E-state index contributed by atoms with van der Waals surface area (Å²) in [6.07, 6.45) is 0.887. The van der Waals surface area contributed by atoms with E-state index in [2.05, 4.69) is 21.3 Å². The third kappa shape index (κ3) is 6.58. The van der Waals surface area contributed by atoms with Crippen LogP contribution in [0.25, 0.3) is 0 Å². The number of unbranched alkanes of at least 4 members (excludes halogenated alkanes) is 1. The molecule has 1 fully saturated rings. The summed E-state index contributed by atoms with van der Waals surface area (Å²) < 4.78 is 5.14. The smallest absolute Gasteiger partial charge is 0.407 e. The van der Waals surface area contributed by atoms with E-state index in [1.54, 1.807) is 32.9 Å². The molecular weight excluding hydrogens is 470 g/mol. The first-order chi connectivity index (χ1) is 17.0. The molecule has 0 aromatic heterocycles. The fourth-order valence-electron chi connectivity index (χ4n) is 3.88. The first kappa shape index (κ1) is 26.6.